The molecular formula is C20H30N2O5. The summed E-state index contributed by atoms with van der Waals surface area (Å²) in [6, 6.07) is 5.76. The minimum absolute atomic E-state index is 0.0657. The summed E-state index contributed by atoms with van der Waals surface area (Å²) in [5.74, 6) is 0.456. The third-order valence-corrected chi connectivity index (χ3v) is 4.87. The Morgan fingerprint density at radius 1 is 1.19 bits per heavy atom. The number of rotatable bonds is 9. The summed E-state index contributed by atoms with van der Waals surface area (Å²) < 4.78 is 10.9. The summed E-state index contributed by atoms with van der Waals surface area (Å²) in [6.07, 6.45) is 4.33. The van der Waals surface area contributed by atoms with Crippen LogP contribution in [0.5, 0.6) is 11.5 Å². The Bertz CT molecular complexity index is 627. The second-order valence-electron chi connectivity index (χ2n) is 6.81. The van der Waals surface area contributed by atoms with E-state index in [1.807, 2.05) is 25.1 Å². The van der Waals surface area contributed by atoms with Crippen molar-refractivity contribution in [2.45, 2.75) is 51.5 Å². The summed E-state index contributed by atoms with van der Waals surface area (Å²) in [6.45, 7) is 3.09. The molecule has 1 fully saturated rings. The molecule has 1 aromatic rings. The largest absolute Gasteiger partial charge is 0.493 e. The first kappa shape index (κ1) is 20.9. The zero-order chi connectivity index (χ0) is 19.6. The number of benzene rings is 1. The molecule has 0 aromatic heterocycles. The Balaban J connectivity index is 1.67. The van der Waals surface area contributed by atoms with E-state index in [-0.39, 0.29) is 18.0 Å². The topological polar surface area (TPSA) is 96.9 Å². The van der Waals surface area contributed by atoms with E-state index in [9.17, 15) is 9.59 Å². The van der Waals surface area contributed by atoms with Gasteiger partial charge in [0.1, 0.15) is 0 Å². The van der Waals surface area contributed by atoms with Crippen molar-refractivity contribution in [2.75, 3.05) is 20.3 Å². The molecule has 27 heavy (non-hydrogen) atoms. The molecule has 0 heterocycles. The molecule has 1 aromatic carbocycles. The van der Waals surface area contributed by atoms with Crippen LogP contribution in [0.3, 0.4) is 0 Å². The van der Waals surface area contributed by atoms with Crippen LogP contribution in [-0.4, -0.2) is 43.4 Å². The number of amides is 2. The summed E-state index contributed by atoms with van der Waals surface area (Å²) in [5.41, 5.74) is 1.13. The van der Waals surface area contributed by atoms with Crippen molar-refractivity contribution < 1.29 is 24.2 Å². The van der Waals surface area contributed by atoms with Gasteiger partial charge in [0.2, 0.25) is 0 Å². The number of urea groups is 1. The number of carbonyl (C=O) groups is 2. The van der Waals surface area contributed by atoms with Crippen LogP contribution in [0.15, 0.2) is 18.2 Å². The number of carboxylic acid groups (broad SMARTS) is 1. The minimum atomic E-state index is -0.732. The maximum absolute atomic E-state index is 12.0. The van der Waals surface area contributed by atoms with Gasteiger partial charge in [-0.25, -0.2) is 4.79 Å². The van der Waals surface area contributed by atoms with Crippen LogP contribution in [0.1, 0.15) is 44.6 Å². The molecule has 0 aliphatic heterocycles. The first-order valence-corrected chi connectivity index (χ1v) is 9.60. The summed E-state index contributed by atoms with van der Waals surface area (Å²) >= 11 is 0. The minimum Gasteiger partial charge on any atom is -0.493 e. The van der Waals surface area contributed by atoms with E-state index < -0.39 is 5.97 Å². The SMILES string of the molecule is CCOc1cc(CCCNC(=O)NC2CCC(C(=O)O)CC2)ccc1OC. The van der Waals surface area contributed by atoms with Crippen LogP contribution in [-0.2, 0) is 11.2 Å². The third-order valence-electron chi connectivity index (χ3n) is 4.87. The zero-order valence-electron chi connectivity index (χ0n) is 16.1. The van der Waals surface area contributed by atoms with Gasteiger partial charge in [-0.1, -0.05) is 6.07 Å². The maximum atomic E-state index is 12.0. The first-order valence-electron chi connectivity index (χ1n) is 9.60. The predicted octanol–water partition coefficient (Wildman–Crippen LogP) is 2.97. The molecule has 1 aliphatic carbocycles. The number of aliphatic carboxylic acids is 1. The van der Waals surface area contributed by atoms with E-state index in [1.54, 1.807) is 7.11 Å². The first-order chi connectivity index (χ1) is 13.0. The monoisotopic (exact) mass is 378 g/mol. The molecule has 1 aliphatic rings. The Labute approximate surface area is 160 Å². The smallest absolute Gasteiger partial charge is 0.315 e. The van der Waals surface area contributed by atoms with Gasteiger partial charge in [-0.15, -0.1) is 0 Å². The fourth-order valence-electron chi connectivity index (χ4n) is 3.36. The van der Waals surface area contributed by atoms with Crippen molar-refractivity contribution in [1.82, 2.24) is 10.6 Å². The van der Waals surface area contributed by atoms with Crippen LogP contribution >= 0.6 is 0 Å². The highest BCUT2D eigenvalue weighted by molar-refractivity contribution is 5.74. The van der Waals surface area contributed by atoms with Crippen molar-refractivity contribution in [3.63, 3.8) is 0 Å². The lowest BCUT2D eigenvalue weighted by Crippen LogP contribution is -2.44. The van der Waals surface area contributed by atoms with Gasteiger partial charge in [0, 0.05) is 12.6 Å². The average Bonchev–Trinajstić information content (AvgIpc) is 2.66. The lowest BCUT2D eigenvalue weighted by Gasteiger charge is -2.26. The van der Waals surface area contributed by atoms with Crippen LogP contribution in [0.2, 0.25) is 0 Å². The number of hydrogen-bond acceptors (Lipinski definition) is 4. The Morgan fingerprint density at radius 3 is 2.56 bits per heavy atom. The molecular weight excluding hydrogens is 348 g/mol. The molecule has 2 rings (SSSR count). The van der Waals surface area contributed by atoms with E-state index in [4.69, 9.17) is 14.6 Å². The molecule has 0 saturated heterocycles. The average molecular weight is 378 g/mol. The molecule has 0 bridgehead atoms. The van der Waals surface area contributed by atoms with E-state index in [0.29, 0.717) is 26.0 Å². The van der Waals surface area contributed by atoms with Gasteiger partial charge in [0.05, 0.1) is 19.6 Å². The molecule has 3 N–H and O–H groups in total. The van der Waals surface area contributed by atoms with Crippen molar-refractivity contribution in [3.8, 4) is 11.5 Å². The van der Waals surface area contributed by atoms with Crippen LogP contribution in [0.25, 0.3) is 0 Å². The summed E-state index contributed by atoms with van der Waals surface area (Å²) in [5, 5.41) is 14.8. The normalized spacial score (nSPS) is 19.2. The van der Waals surface area contributed by atoms with Gasteiger partial charge < -0.3 is 25.2 Å². The van der Waals surface area contributed by atoms with Crippen molar-refractivity contribution in [2.24, 2.45) is 5.92 Å². The van der Waals surface area contributed by atoms with Gasteiger partial charge in [0.15, 0.2) is 11.5 Å². The molecule has 7 heteroatoms. The number of carbonyl (C=O) groups excluding carboxylic acids is 1. The van der Waals surface area contributed by atoms with Gasteiger partial charge >= 0.3 is 12.0 Å². The molecule has 1 saturated carbocycles. The second-order valence-corrected chi connectivity index (χ2v) is 6.81. The van der Waals surface area contributed by atoms with Gasteiger partial charge in [-0.2, -0.15) is 0 Å². The standard InChI is InChI=1S/C20H30N2O5/c1-3-27-18-13-14(6-11-17(18)26-2)5-4-12-21-20(25)22-16-9-7-15(8-10-16)19(23)24/h6,11,13,15-16H,3-5,7-10,12H2,1-2H3,(H,23,24)(H2,21,22,25). The summed E-state index contributed by atoms with van der Waals surface area (Å²) in [7, 11) is 1.62. The molecule has 0 atom stereocenters. The van der Waals surface area contributed by atoms with E-state index >= 15 is 0 Å². The molecule has 0 spiro atoms. The van der Waals surface area contributed by atoms with Crippen LogP contribution < -0.4 is 20.1 Å². The Morgan fingerprint density at radius 2 is 1.93 bits per heavy atom. The van der Waals surface area contributed by atoms with Gasteiger partial charge in [-0.3, -0.25) is 4.79 Å². The number of methoxy groups -OCH3 is 1. The maximum Gasteiger partial charge on any atom is 0.315 e. The van der Waals surface area contributed by atoms with Crippen molar-refractivity contribution >= 4 is 12.0 Å². The lowest BCUT2D eigenvalue weighted by molar-refractivity contribution is -0.142. The second kappa shape index (κ2) is 10.6. The van der Waals surface area contributed by atoms with Crippen LogP contribution in [0, 0.1) is 5.92 Å². The highest BCUT2D eigenvalue weighted by Gasteiger charge is 2.26. The van der Waals surface area contributed by atoms with Gasteiger partial charge in [-0.05, 0) is 63.1 Å². The molecule has 150 valence electrons. The number of carboxylic acids is 1. The fraction of sp³-hybridized carbons (Fsp3) is 0.600. The highest BCUT2D eigenvalue weighted by Crippen LogP contribution is 2.28. The molecule has 2 amide bonds. The third kappa shape index (κ3) is 6.66. The van der Waals surface area contributed by atoms with E-state index in [0.717, 1.165) is 42.7 Å². The number of aryl methyl sites for hydroxylation is 1. The van der Waals surface area contributed by atoms with E-state index in [1.165, 1.54) is 0 Å². The quantitative estimate of drug-likeness (QED) is 0.574. The van der Waals surface area contributed by atoms with Crippen molar-refractivity contribution in [3.05, 3.63) is 23.8 Å². The Kier molecular flexibility index (Phi) is 8.23. The predicted molar refractivity (Wildman–Crippen MR) is 102 cm³/mol. The number of ether oxygens (including phenoxy) is 2. The molecule has 0 radical (unpaired) electrons. The van der Waals surface area contributed by atoms with Crippen LogP contribution in [0.4, 0.5) is 4.79 Å². The Hall–Kier alpha value is -2.44. The van der Waals surface area contributed by atoms with Crippen molar-refractivity contribution in [1.29, 1.82) is 0 Å². The molecule has 0 unspecified atom stereocenters. The van der Waals surface area contributed by atoms with Gasteiger partial charge in [0.25, 0.3) is 0 Å². The summed E-state index contributed by atoms with van der Waals surface area (Å²) in [4.78, 5) is 22.9. The van der Waals surface area contributed by atoms with E-state index in [2.05, 4.69) is 10.6 Å². The number of nitrogens with one attached hydrogen (secondary N) is 2. The molecule has 7 nitrogen and oxygen atoms in total. The highest BCUT2D eigenvalue weighted by atomic mass is 16.5. The lowest BCUT2D eigenvalue weighted by atomic mass is 9.86. The zero-order valence-corrected chi connectivity index (χ0v) is 16.1. The fourth-order valence-corrected chi connectivity index (χ4v) is 3.36. The number of hydrogen-bond donors (Lipinski definition) is 3.